The number of para-hydroxylation sites is 4. The Labute approximate surface area is 179 Å². The maximum Gasteiger partial charge on any atom is 0.254 e. The summed E-state index contributed by atoms with van der Waals surface area (Å²) in [6.45, 7) is 0.744. The number of imidazole rings is 2. The predicted octanol–water partition coefficient (Wildman–Crippen LogP) is 4.88. The lowest BCUT2D eigenvalue weighted by Gasteiger charge is -2.23. The third-order valence-corrected chi connectivity index (χ3v) is 6.08. The molecule has 3 heterocycles. The highest BCUT2D eigenvalue weighted by atomic mass is 16.2. The number of likely N-dealkylation sites (tertiary alicyclic amines) is 1. The van der Waals surface area contributed by atoms with Crippen LogP contribution in [0.4, 0.5) is 0 Å². The van der Waals surface area contributed by atoms with Gasteiger partial charge in [0.05, 0.1) is 28.1 Å². The van der Waals surface area contributed by atoms with Crippen molar-refractivity contribution >= 4 is 28.0 Å². The molecule has 1 N–H and O–H groups in total. The van der Waals surface area contributed by atoms with Gasteiger partial charge < -0.3 is 9.88 Å². The van der Waals surface area contributed by atoms with Gasteiger partial charge in [-0.1, -0.05) is 24.3 Å². The quantitative estimate of drug-likeness (QED) is 0.464. The van der Waals surface area contributed by atoms with Crippen LogP contribution < -0.4 is 0 Å². The molecule has 1 amide bonds. The van der Waals surface area contributed by atoms with Crippen molar-refractivity contribution in [2.24, 2.45) is 0 Å². The lowest BCUT2D eigenvalue weighted by atomic mass is 10.1. The minimum absolute atomic E-state index is 0.0165. The number of H-pyrrole nitrogens is 1. The van der Waals surface area contributed by atoms with Gasteiger partial charge in [-0.2, -0.15) is 0 Å². The van der Waals surface area contributed by atoms with E-state index in [-0.39, 0.29) is 11.9 Å². The topological polar surface area (TPSA) is 66.8 Å². The van der Waals surface area contributed by atoms with Crippen LogP contribution in [0.1, 0.15) is 35.1 Å². The summed E-state index contributed by atoms with van der Waals surface area (Å²) in [6.07, 6.45) is 3.72. The Balaban J connectivity index is 1.28. The van der Waals surface area contributed by atoms with Crippen LogP contribution in [0, 0.1) is 0 Å². The summed E-state index contributed by atoms with van der Waals surface area (Å²) in [5.41, 5.74) is 5.62. The van der Waals surface area contributed by atoms with Crippen LogP contribution in [-0.2, 0) is 0 Å². The molecular weight excluding hydrogens is 386 g/mol. The second kappa shape index (κ2) is 7.09. The number of fused-ring (bicyclic) bond motifs is 2. The molecule has 6 heteroatoms. The molecule has 1 atom stereocenters. The standard InChI is InChI=1S/C25H21N5O/c31-25(29-15-5-10-23(29)24-27-19-6-1-2-7-20(19)28-24)17-11-13-18(14-12-17)30-16-26-21-8-3-4-9-22(21)30/h1-4,6-9,11-14,16,23H,5,10,15H2,(H,27,28). The molecule has 6 nitrogen and oxygen atoms in total. The van der Waals surface area contributed by atoms with Gasteiger partial charge in [0, 0.05) is 17.8 Å². The maximum absolute atomic E-state index is 13.3. The molecule has 0 saturated carbocycles. The van der Waals surface area contributed by atoms with Crippen LogP contribution in [0.25, 0.3) is 27.8 Å². The predicted molar refractivity (Wildman–Crippen MR) is 120 cm³/mol. The Hall–Kier alpha value is -3.93. The molecule has 2 aromatic heterocycles. The number of aromatic amines is 1. The first-order chi connectivity index (χ1) is 15.3. The zero-order valence-corrected chi connectivity index (χ0v) is 16.9. The number of nitrogens with one attached hydrogen (secondary N) is 1. The third kappa shape index (κ3) is 2.99. The monoisotopic (exact) mass is 407 g/mol. The van der Waals surface area contributed by atoms with Crippen molar-refractivity contribution in [1.29, 1.82) is 0 Å². The van der Waals surface area contributed by atoms with Crippen molar-refractivity contribution in [3.63, 3.8) is 0 Å². The molecule has 1 unspecified atom stereocenters. The van der Waals surface area contributed by atoms with Gasteiger partial charge in [-0.15, -0.1) is 0 Å². The van der Waals surface area contributed by atoms with Crippen LogP contribution in [0.2, 0.25) is 0 Å². The van der Waals surface area contributed by atoms with Gasteiger partial charge >= 0.3 is 0 Å². The smallest absolute Gasteiger partial charge is 0.254 e. The Bertz CT molecular complexity index is 1370. The molecule has 0 aliphatic carbocycles. The fraction of sp³-hybridized carbons (Fsp3) is 0.160. The van der Waals surface area contributed by atoms with Crippen LogP contribution in [0.5, 0.6) is 0 Å². The fourth-order valence-corrected chi connectivity index (χ4v) is 4.52. The molecule has 1 aliphatic rings. The van der Waals surface area contributed by atoms with Crippen molar-refractivity contribution in [3.05, 3.63) is 90.5 Å². The third-order valence-electron chi connectivity index (χ3n) is 6.08. The van der Waals surface area contributed by atoms with E-state index >= 15 is 0 Å². The average molecular weight is 407 g/mol. The summed E-state index contributed by atoms with van der Waals surface area (Å²) in [4.78, 5) is 27.9. The lowest BCUT2D eigenvalue weighted by Crippen LogP contribution is -2.31. The van der Waals surface area contributed by atoms with Gasteiger partial charge in [0.25, 0.3) is 5.91 Å². The number of carbonyl (C=O) groups excluding carboxylic acids is 1. The lowest BCUT2D eigenvalue weighted by molar-refractivity contribution is 0.0730. The fourth-order valence-electron chi connectivity index (χ4n) is 4.52. The molecule has 0 bridgehead atoms. The van der Waals surface area contributed by atoms with Crippen LogP contribution in [0.3, 0.4) is 0 Å². The summed E-state index contributed by atoms with van der Waals surface area (Å²) in [6, 6.07) is 23.8. The molecule has 3 aromatic carbocycles. The molecule has 6 rings (SSSR count). The van der Waals surface area contributed by atoms with Gasteiger partial charge in [0.1, 0.15) is 12.2 Å². The Morgan fingerprint density at radius 3 is 2.55 bits per heavy atom. The van der Waals surface area contributed by atoms with Gasteiger partial charge in [-0.25, -0.2) is 9.97 Å². The first-order valence-corrected chi connectivity index (χ1v) is 10.6. The minimum atomic E-state index is -0.0165. The van der Waals surface area contributed by atoms with E-state index in [0.717, 1.165) is 53.0 Å². The molecular formula is C25H21N5O. The molecule has 31 heavy (non-hydrogen) atoms. The van der Waals surface area contributed by atoms with E-state index in [1.807, 2.05) is 88.6 Å². The summed E-state index contributed by atoms with van der Waals surface area (Å²) >= 11 is 0. The van der Waals surface area contributed by atoms with Crippen molar-refractivity contribution in [1.82, 2.24) is 24.4 Å². The van der Waals surface area contributed by atoms with E-state index in [0.29, 0.717) is 5.56 Å². The average Bonchev–Trinajstić information content (AvgIpc) is 3.56. The minimum Gasteiger partial charge on any atom is -0.340 e. The summed E-state index contributed by atoms with van der Waals surface area (Å²) in [7, 11) is 0. The summed E-state index contributed by atoms with van der Waals surface area (Å²) < 4.78 is 2.04. The molecule has 5 aromatic rings. The van der Waals surface area contributed by atoms with Crippen LogP contribution >= 0.6 is 0 Å². The Morgan fingerprint density at radius 2 is 1.71 bits per heavy atom. The summed E-state index contributed by atoms with van der Waals surface area (Å²) in [5, 5.41) is 0. The molecule has 0 radical (unpaired) electrons. The van der Waals surface area contributed by atoms with Gasteiger partial charge in [0.15, 0.2) is 0 Å². The van der Waals surface area contributed by atoms with E-state index in [2.05, 4.69) is 9.97 Å². The van der Waals surface area contributed by atoms with E-state index in [1.54, 1.807) is 0 Å². The number of hydrogen-bond acceptors (Lipinski definition) is 3. The maximum atomic E-state index is 13.3. The van der Waals surface area contributed by atoms with Gasteiger partial charge in [0.2, 0.25) is 0 Å². The zero-order valence-electron chi connectivity index (χ0n) is 16.9. The zero-order chi connectivity index (χ0) is 20.8. The Kier molecular flexibility index (Phi) is 4.09. The largest absolute Gasteiger partial charge is 0.340 e. The molecule has 1 fully saturated rings. The van der Waals surface area contributed by atoms with Gasteiger partial charge in [-0.05, 0) is 61.4 Å². The first-order valence-electron chi connectivity index (χ1n) is 10.6. The molecule has 1 aliphatic heterocycles. The number of nitrogens with zero attached hydrogens (tertiary/aromatic N) is 4. The second-order valence-corrected chi connectivity index (χ2v) is 7.95. The second-order valence-electron chi connectivity index (χ2n) is 7.95. The number of benzene rings is 3. The normalized spacial score (nSPS) is 16.4. The highest BCUT2D eigenvalue weighted by Crippen LogP contribution is 2.33. The van der Waals surface area contributed by atoms with Crippen molar-refractivity contribution in [2.75, 3.05) is 6.54 Å². The number of amides is 1. The number of hydrogen-bond donors (Lipinski definition) is 1. The molecule has 152 valence electrons. The SMILES string of the molecule is O=C(c1ccc(-n2cnc3ccccc32)cc1)N1CCCC1c1nc2ccccc2[nH]1. The van der Waals surface area contributed by atoms with E-state index in [4.69, 9.17) is 4.98 Å². The van der Waals surface area contributed by atoms with E-state index < -0.39 is 0 Å². The van der Waals surface area contributed by atoms with Crippen molar-refractivity contribution < 1.29 is 4.79 Å². The number of aromatic nitrogens is 4. The van der Waals surface area contributed by atoms with E-state index in [1.165, 1.54) is 0 Å². The number of rotatable bonds is 3. The van der Waals surface area contributed by atoms with Crippen LogP contribution in [-0.4, -0.2) is 36.9 Å². The first kappa shape index (κ1) is 17.9. The molecule has 0 spiro atoms. The highest BCUT2D eigenvalue weighted by molar-refractivity contribution is 5.95. The van der Waals surface area contributed by atoms with Crippen molar-refractivity contribution in [2.45, 2.75) is 18.9 Å². The molecule has 1 saturated heterocycles. The summed E-state index contributed by atoms with van der Waals surface area (Å²) in [5.74, 6) is 0.915. The number of carbonyl (C=O) groups is 1. The van der Waals surface area contributed by atoms with E-state index in [9.17, 15) is 4.79 Å². The van der Waals surface area contributed by atoms with Crippen molar-refractivity contribution in [3.8, 4) is 5.69 Å². The Morgan fingerprint density at radius 1 is 0.935 bits per heavy atom. The van der Waals surface area contributed by atoms with Gasteiger partial charge in [-0.3, -0.25) is 9.36 Å². The van der Waals surface area contributed by atoms with Crippen LogP contribution in [0.15, 0.2) is 79.1 Å². The highest BCUT2D eigenvalue weighted by Gasteiger charge is 2.32.